The lowest BCUT2D eigenvalue weighted by Crippen LogP contribution is -2.11. The first-order valence-corrected chi connectivity index (χ1v) is 17.0. The van der Waals surface area contributed by atoms with E-state index in [9.17, 15) is 0 Å². The molecule has 0 amide bonds. The summed E-state index contributed by atoms with van der Waals surface area (Å²) in [5, 5.41) is 0. The van der Waals surface area contributed by atoms with E-state index in [1.807, 2.05) is 6.07 Å². The third kappa shape index (κ3) is 5.43. The highest BCUT2D eigenvalue weighted by Crippen LogP contribution is 2.50. The molecular weight excluding hydrogens is 607 g/mol. The number of fused-ring (bicyclic) bond motifs is 5. The highest BCUT2D eigenvalue weighted by Gasteiger charge is 2.24. The molecule has 0 aromatic heterocycles. The summed E-state index contributed by atoms with van der Waals surface area (Å²) in [7, 11) is 0. The van der Waals surface area contributed by atoms with Crippen molar-refractivity contribution in [1.82, 2.24) is 0 Å². The maximum Gasteiger partial charge on any atom is 0.137 e. The fourth-order valence-electron chi connectivity index (χ4n) is 7.06. The molecule has 2 heteroatoms. The lowest BCUT2D eigenvalue weighted by molar-refractivity contribution is 0.488. The van der Waals surface area contributed by atoms with Crippen LogP contribution < -0.4 is 9.64 Å². The SMILES string of the molecule is c1ccc(-c2ccc(N(c3ccc4c(c3)Oc3cc(-c5ccccc5)ccc3-c3ccccc3-4)c3ccccc3-c3ccccc3)cc2)cc1. The molecule has 9 rings (SSSR count). The van der Waals surface area contributed by atoms with Gasteiger partial charge in [-0.2, -0.15) is 0 Å². The van der Waals surface area contributed by atoms with Crippen molar-refractivity contribution in [3.63, 3.8) is 0 Å². The molecule has 8 aromatic carbocycles. The molecule has 0 bridgehead atoms. The number of ether oxygens (including phenoxy) is 1. The van der Waals surface area contributed by atoms with E-state index in [1.54, 1.807) is 0 Å². The maximum absolute atomic E-state index is 6.97. The molecule has 0 saturated carbocycles. The molecule has 1 aliphatic heterocycles. The Kier molecular flexibility index (Phi) is 7.53. The van der Waals surface area contributed by atoms with Crippen LogP contribution >= 0.6 is 0 Å². The smallest absolute Gasteiger partial charge is 0.137 e. The average Bonchev–Trinajstić information content (AvgIpc) is 3.33. The van der Waals surface area contributed by atoms with E-state index in [0.29, 0.717) is 0 Å². The standard InChI is InChI=1S/C48H33NO/c1-4-14-34(15-5-1)36-24-27-39(28-25-36)49(46-23-13-12-20-41(46)37-18-8-3-9-19-37)40-29-31-45-43-22-11-10-21-42(43)44-30-26-38(35-16-6-2-7-17-35)32-47(44)50-48(45)33-40/h1-33H. The molecule has 8 aromatic rings. The minimum Gasteiger partial charge on any atom is -0.456 e. The molecule has 0 aliphatic carbocycles. The van der Waals surface area contributed by atoms with Crippen molar-refractivity contribution in [3.05, 3.63) is 200 Å². The Balaban J connectivity index is 1.22. The van der Waals surface area contributed by atoms with Gasteiger partial charge in [-0.25, -0.2) is 0 Å². The lowest BCUT2D eigenvalue weighted by atomic mass is 9.93. The third-order valence-electron chi connectivity index (χ3n) is 9.50. The number of para-hydroxylation sites is 1. The molecule has 0 fully saturated rings. The molecule has 50 heavy (non-hydrogen) atoms. The monoisotopic (exact) mass is 639 g/mol. The zero-order valence-electron chi connectivity index (χ0n) is 27.4. The molecule has 1 heterocycles. The first-order chi connectivity index (χ1) is 24.8. The fourth-order valence-corrected chi connectivity index (χ4v) is 7.06. The Morgan fingerprint density at radius 1 is 0.280 bits per heavy atom. The first kappa shape index (κ1) is 29.5. The van der Waals surface area contributed by atoms with Gasteiger partial charge in [0, 0.05) is 34.1 Å². The molecule has 0 unspecified atom stereocenters. The van der Waals surface area contributed by atoms with Gasteiger partial charge < -0.3 is 9.64 Å². The third-order valence-corrected chi connectivity index (χ3v) is 9.50. The summed E-state index contributed by atoms with van der Waals surface area (Å²) in [6.07, 6.45) is 0. The molecule has 0 N–H and O–H groups in total. The van der Waals surface area contributed by atoms with Gasteiger partial charge in [0.15, 0.2) is 0 Å². The first-order valence-electron chi connectivity index (χ1n) is 17.0. The van der Waals surface area contributed by atoms with Crippen LogP contribution in [0, 0.1) is 0 Å². The van der Waals surface area contributed by atoms with Gasteiger partial charge in [-0.3, -0.25) is 0 Å². The van der Waals surface area contributed by atoms with E-state index >= 15 is 0 Å². The van der Waals surface area contributed by atoms with Crippen LogP contribution in [0.3, 0.4) is 0 Å². The molecule has 1 aliphatic rings. The van der Waals surface area contributed by atoms with Gasteiger partial charge in [0.05, 0.1) is 5.69 Å². The predicted molar refractivity (Wildman–Crippen MR) is 208 cm³/mol. The van der Waals surface area contributed by atoms with E-state index in [-0.39, 0.29) is 0 Å². The van der Waals surface area contributed by atoms with E-state index in [4.69, 9.17) is 4.74 Å². The molecule has 0 radical (unpaired) electrons. The normalized spacial score (nSPS) is 11.4. The average molecular weight is 640 g/mol. The summed E-state index contributed by atoms with van der Waals surface area (Å²) < 4.78 is 6.97. The largest absolute Gasteiger partial charge is 0.456 e. The van der Waals surface area contributed by atoms with Crippen molar-refractivity contribution in [1.29, 1.82) is 0 Å². The van der Waals surface area contributed by atoms with Crippen LogP contribution in [0.4, 0.5) is 17.1 Å². The number of anilines is 3. The van der Waals surface area contributed by atoms with Crippen molar-refractivity contribution < 1.29 is 4.74 Å². The minimum absolute atomic E-state index is 0.821. The topological polar surface area (TPSA) is 12.5 Å². The zero-order valence-corrected chi connectivity index (χ0v) is 27.4. The van der Waals surface area contributed by atoms with Crippen molar-refractivity contribution in [2.24, 2.45) is 0 Å². The van der Waals surface area contributed by atoms with Crippen LogP contribution in [0.15, 0.2) is 200 Å². The Hall–Kier alpha value is -6.64. The Morgan fingerprint density at radius 2 is 0.720 bits per heavy atom. The predicted octanol–water partition coefficient (Wildman–Crippen LogP) is 13.6. The van der Waals surface area contributed by atoms with Crippen molar-refractivity contribution in [2.45, 2.75) is 0 Å². The second-order valence-corrected chi connectivity index (χ2v) is 12.5. The molecule has 2 nitrogen and oxygen atoms in total. The van der Waals surface area contributed by atoms with Gasteiger partial charge in [-0.1, -0.05) is 152 Å². The summed E-state index contributed by atoms with van der Waals surface area (Å²) in [5.74, 6) is 1.67. The highest BCUT2D eigenvalue weighted by atomic mass is 16.5. The van der Waals surface area contributed by atoms with Gasteiger partial charge in [-0.05, 0) is 81.4 Å². The van der Waals surface area contributed by atoms with Gasteiger partial charge in [-0.15, -0.1) is 0 Å². The maximum atomic E-state index is 6.97. The zero-order chi connectivity index (χ0) is 33.3. The molecular formula is C48H33NO. The van der Waals surface area contributed by atoms with Crippen molar-refractivity contribution in [3.8, 4) is 67.1 Å². The fraction of sp³-hybridized carbons (Fsp3) is 0. The van der Waals surface area contributed by atoms with Crippen LogP contribution in [0.1, 0.15) is 0 Å². The molecule has 0 saturated heterocycles. The van der Waals surface area contributed by atoms with Gasteiger partial charge in [0.1, 0.15) is 11.5 Å². The van der Waals surface area contributed by atoms with E-state index in [1.165, 1.54) is 11.1 Å². The summed E-state index contributed by atoms with van der Waals surface area (Å²) in [5.41, 5.74) is 14.6. The van der Waals surface area contributed by atoms with Gasteiger partial charge in [0.25, 0.3) is 0 Å². The lowest BCUT2D eigenvalue weighted by Gasteiger charge is -2.29. The number of benzene rings is 8. The number of nitrogens with zero attached hydrogens (tertiary/aromatic N) is 1. The Bertz CT molecular complexity index is 2430. The van der Waals surface area contributed by atoms with E-state index < -0.39 is 0 Å². The number of hydrogen-bond acceptors (Lipinski definition) is 2. The molecule has 236 valence electrons. The molecule has 0 spiro atoms. The van der Waals surface area contributed by atoms with E-state index in [0.717, 1.165) is 73.1 Å². The van der Waals surface area contributed by atoms with Crippen LogP contribution in [0.5, 0.6) is 11.5 Å². The van der Waals surface area contributed by atoms with Crippen LogP contribution in [-0.4, -0.2) is 0 Å². The van der Waals surface area contributed by atoms with E-state index in [2.05, 4.69) is 199 Å². The van der Waals surface area contributed by atoms with Crippen molar-refractivity contribution >= 4 is 17.1 Å². The highest BCUT2D eigenvalue weighted by molar-refractivity contribution is 5.94. The second-order valence-electron chi connectivity index (χ2n) is 12.5. The number of rotatable bonds is 6. The quantitative estimate of drug-likeness (QED) is 0.179. The second kappa shape index (κ2) is 12.8. The summed E-state index contributed by atoms with van der Waals surface area (Å²) in [6.45, 7) is 0. The number of hydrogen-bond donors (Lipinski definition) is 0. The van der Waals surface area contributed by atoms with Crippen LogP contribution in [0.2, 0.25) is 0 Å². The van der Waals surface area contributed by atoms with Crippen LogP contribution in [-0.2, 0) is 0 Å². The summed E-state index contributed by atoms with van der Waals surface area (Å²) in [4.78, 5) is 2.35. The van der Waals surface area contributed by atoms with Gasteiger partial charge in [0.2, 0.25) is 0 Å². The van der Waals surface area contributed by atoms with Crippen LogP contribution in [0.25, 0.3) is 55.6 Å². The van der Waals surface area contributed by atoms with Gasteiger partial charge >= 0.3 is 0 Å². The minimum atomic E-state index is 0.821. The Labute approximate surface area is 293 Å². The Morgan fingerprint density at radius 3 is 1.36 bits per heavy atom. The summed E-state index contributed by atoms with van der Waals surface area (Å²) >= 11 is 0. The summed E-state index contributed by atoms with van der Waals surface area (Å²) in [6, 6.07) is 70.9. The molecule has 0 atom stereocenters. The van der Waals surface area contributed by atoms with Crippen molar-refractivity contribution in [2.75, 3.05) is 4.90 Å².